The third kappa shape index (κ3) is 4.21. The summed E-state index contributed by atoms with van der Waals surface area (Å²) in [7, 11) is 0. The van der Waals surface area contributed by atoms with Crippen molar-refractivity contribution >= 4 is 17.7 Å². The molecule has 0 aliphatic heterocycles. The number of nitrogens with zero attached hydrogens (tertiary/aromatic N) is 1. The van der Waals surface area contributed by atoms with Crippen LogP contribution in [0, 0.1) is 25.2 Å². The molecule has 0 fully saturated rings. The zero-order valence-electron chi connectivity index (χ0n) is 13.7. The lowest BCUT2D eigenvalue weighted by atomic mass is 10.0. The third-order valence-electron chi connectivity index (χ3n) is 3.75. The Morgan fingerprint density at radius 2 is 1.88 bits per heavy atom. The van der Waals surface area contributed by atoms with Crippen molar-refractivity contribution in [2.75, 3.05) is 5.32 Å². The first-order chi connectivity index (χ1) is 11.7. The van der Waals surface area contributed by atoms with Crippen molar-refractivity contribution in [3.05, 3.63) is 70.3 Å². The number of nitriles is 1. The molecule has 0 unspecified atom stereocenters. The highest BCUT2D eigenvalue weighted by molar-refractivity contribution is 5.94. The Balaban J connectivity index is 2.39. The van der Waals surface area contributed by atoms with Crippen molar-refractivity contribution in [2.24, 2.45) is 0 Å². The molecule has 2 aromatic carbocycles. The molecule has 2 rings (SSSR count). The van der Waals surface area contributed by atoms with Gasteiger partial charge in [-0.15, -0.1) is 0 Å². The van der Waals surface area contributed by atoms with Gasteiger partial charge in [0, 0.05) is 0 Å². The van der Waals surface area contributed by atoms with Gasteiger partial charge in [0.1, 0.15) is 11.6 Å². The lowest BCUT2D eigenvalue weighted by Gasteiger charge is -2.19. The first-order valence-corrected chi connectivity index (χ1v) is 7.42. The molecule has 25 heavy (non-hydrogen) atoms. The maximum atomic E-state index is 14.5. The van der Waals surface area contributed by atoms with E-state index in [-0.39, 0.29) is 11.3 Å². The smallest absolute Gasteiger partial charge is 0.360 e. The van der Waals surface area contributed by atoms with E-state index in [9.17, 15) is 13.6 Å². The van der Waals surface area contributed by atoms with Gasteiger partial charge >= 0.3 is 12.0 Å². The Bertz CT molecular complexity index is 883. The fourth-order valence-electron chi connectivity index (χ4n) is 2.23. The van der Waals surface area contributed by atoms with Crippen LogP contribution in [0.5, 0.6) is 0 Å². The van der Waals surface area contributed by atoms with Gasteiger partial charge in [-0.25, -0.2) is 4.79 Å². The van der Waals surface area contributed by atoms with Crippen LogP contribution >= 0.6 is 0 Å². The number of benzene rings is 2. The number of carboxylic acids is 1. The Morgan fingerprint density at radius 3 is 2.48 bits per heavy atom. The number of rotatable bonds is 5. The molecule has 0 aliphatic rings. The van der Waals surface area contributed by atoms with E-state index in [2.05, 4.69) is 0 Å². The number of anilines is 1. The zero-order chi connectivity index (χ0) is 18.6. The molecule has 0 amide bonds. The standard InChI is InChI=1S/C19H16F2N2O2/c1-12-7-8-14(9-13(12)2)10-15(11-22)19(20,21)23-17-6-4-3-5-16(17)18(24)25/h3-10,23H,1-2H3,(H,24,25)/b15-10+. The first-order valence-electron chi connectivity index (χ1n) is 7.42. The fraction of sp³-hybridized carbons (Fsp3) is 0.158. The second kappa shape index (κ2) is 7.14. The average molecular weight is 342 g/mol. The van der Waals surface area contributed by atoms with E-state index in [0.717, 1.165) is 17.2 Å². The summed E-state index contributed by atoms with van der Waals surface area (Å²) in [6, 6.07) is 8.19. The summed E-state index contributed by atoms with van der Waals surface area (Å²) in [5.74, 6) is -1.34. The predicted octanol–water partition coefficient (Wildman–Crippen LogP) is 4.61. The summed E-state index contributed by atoms with van der Waals surface area (Å²) in [6.45, 7) is 3.74. The van der Waals surface area contributed by atoms with Gasteiger partial charge in [0.2, 0.25) is 0 Å². The van der Waals surface area contributed by atoms with E-state index in [1.807, 2.05) is 19.2 Å². The van der Waals surface area contributed by atoms with Crippen LogP contribution in [0.25, 0.3) is 6.08 Å². The molecule has 0 heterocycles. The lowest BCUT2D eigenvalue weighted by Crippen LogP contribution is -2.30. The fourth-order valence-corrected chi connectivity index (χ4v) is 2.23. The third-order valence-corrected chi connectivity index (χ3v) is 3.75. The molecule has 0 radical (unpaired) electrons. The summed E-state index contributed by atoms with van der Waals surface area (Å²) >= 11 is 0. The minimum atomic E-state index is -3.72. The molecule has 2 N–H and O–H groups in total. The summed E-state index contributed by atoms with van der Waals surface area (Å²) in [5, 5.41) is 20.1. The van der Waals surface area contributed by atoms with Gasteiger partial charge in [-0.2, -0.15) is 14.0 Å². The molecule has 2 aromatic rings. The van der Waals surface area contributed by atoms with E-state index in [4.69, 9.17) is 10.4 Å². The summed E-state index contributed by atoms with van der Waals surface area (Å²) < 4.78 is 29.0. The van der Waals surface area contributed by atoms with Gasteiger partial charge in [0.15, 0.2) is 0 Å². The van der Waals surface area contributed by atoms with E-state index >= 15 is 0 Å². The normalized spacial score (nSPS) is 11.7. The number of hydrogen-bond acceptors (Lipinski definition) is 3. The highest BCUT2D eigenvalue weighted by Crippen LogP contribution is 2.29. The molecule has 0 saturated carbocycles. The Hall–Kier alpha value is -3.20. The van der Waals surface area contributed by atoms with Gasteiger partial charge in [-0.05, 0) is 48.7 Å². The Kier molecular flexibility index (Phi) is 5.18. The minimum absolute atomic E-state index is 0.263. The van der Waals surface area contributed by atoms with Gasteiger partial charge in [-0.3, -0.25) is 0 Å². The topological polar surface area (TPSA) is 73.1 Å². The number of hydrogen-bond donors (Lipinski definition) is 2. The molecular weight excluding hydrogens is 326 g/mol. The summed E-state index contributed by atoms with van der Waals surface area (Å²) in [4.78, 5) is 11.1. The number of para-hydroxylation sites is 1. The molecule has 128 valence electrons. The number of nitrogens with one attached hydrogen (secondary N) is 1. The lowest BCUT2D eigenvalue weighted by molar-refractivity contribution is 0.0693. The van der Waals surface area contributed by atoms with Gasteiger partial charge in [0.05, 0.1) is 11.3 Å². The quantitative estimate of drug-likeness (QED) is 0.614. The van der Waals surface area contributed by atoms with Crippen LogP contribution in [-0.2, 0) is 0 Å². The van der Waals surface area contributed by atoms with Gasteiger partial charge < -0.3 is 10.4 Å². The largest absolute Gasteiger partial charge is 0.478 e. The molecule has 4 nitrogen and oxygen atoms in total. The molecule has 0 saturated heterocycles. The van der Waals surface area contributed by atoms with E-state index in [1.165, 1.54) is 30.3 Å². The van der Waals surface area contributed by atoms with Crippen LogP contribution in [-0.4, -0.2) is 17.1 Å². The van der Waals surface area contributed by atoms with E-state index in [0.29, 0.717) is 5.56 Å². The number of carboxylic acid groups (broad SMARTS) is 1. The molecule has 0 bridgehead atoms. The maximum Gasteiger partial charge on any atom is 0.360 e. The molecule has 0 aliphatic carbocycles. The van der Waals surface area contributed by atoms with Gasteiger partial charge in [-0.1, -0.05) is 30.3 Å². The summed E-state index contributed by atoms with van der Waals surface area (Å²) in [5.41, 5.74) is 1.02. The zero-order valence-corrected chi connectivity index (χ0v) is 13.7. The van der Waals surface area contributed by atoms with Crippen LogP contribution in [0.1, 0.15) is 27.0 Å². The number of aryl methyl sites for hydroxylation is 2. The minimum Gasteiger partial charge on any atom is -0.478 e. The van der Waals surface area contributed by atoms with Crippen LogP contribution in [0.3, 0.4) is 0 Å². The Labute approximate surface area is 144 Å². The van der Waals surface area contributed by atoms with Crippen molar-refractivity contribution in [2.45, 2.75) is 19.9 Å². The average Bonchev–Trinajstić information content (AvgIpc) is 2.55. The molecule has 0 atom stereocenters. The molecule has 6 heteroatoms. The first kappa shape index (κ1) is 18.1. The number of aromatic carboxylic acids is 1. The molecule has 0 spiro atoms. The van der Waals surface area contributed by atoms with Crippen LogP contribution in [0.4, 0.5) is 14.5 Å². The molecule has 0 aromatic heterocycles. The van der Waals surface area contributed by atoms with Crippen molar-refractivity contribution in [3.8, 4) is 6.07 Å². The number of halogens is 2. The van der Waals surface area contributed by atoms with Crippen molar-refractivity contribution in [3.63, 3.8) is 0 Å². The predicted molar refractivity (Wildman–Crippen MR) is 91.5 cm³/mol. The van der Waals surface area contributed by atoms with E-state index < -0.39 is 17.6 Å². The van der Waals surface area contributed by atoms with Crippen molar-refractivity contribution in [1.29, 1.82) is 5.26 Å². The highest BCUT2D eigenvalue weighted by atomic mass is 19.3. The molecular formula is C19H16F2N2O2. The SMILES string of the molecule is Cc1ccc(/C=C(\C#N)C(F)(F)Nc2ccccc2C(=O)O)cc1C. The second-order valence-electron chi connectivity index (χ2n) is 5.56. The highest BCUT2D eigenvalue weighted by Gasteiger charge is 2.35. The van der Waals surface area contributed by atoms with Crippen molar-refractivity contribution < 1.29 is 18.7 Å². The maximum absolute atomic E-state index is 14.5. The van der Waals surface area contributed by atoms with Gasteiger partial charge in [0.25, 0.3) is 0 Å². The van der Waals surface area contributed by atoms with Crippen LogP contribution in [0.15, 0.2) is 48.0 Å². The van der Waals surface area contributed by atoms with E-state index in [1.54, 1.807) is 18.2 Å². The Morgan fingerprint density at radius 1 is 1.20 bits per heavy atom. The van der Waals surface area contributed by atoms with Crippen molar-refractivity contribution in [1.82, 2.24) is 0 Å². The van der Waals surface area contributed by atoms with Crippen LogP contribution in [0.2, 0.25) is 0 Å². The number of alkyl halides is 2. The van der Waals surface area contributed by atoms with Crippen LogP contribution < -0.4 is 5.32 Å². The summed E-state index contributed by atoms with van der Waals surface area (Å²) in [6.07, 6.45) is 1.09. The number of carbonyl (C=O) groups is 1. The second-order valence-corrected chi connectivity index (χ2v) is 5.56. The monoisotopic (exact) mass is 342 g/mol.